The van der Waals surface area contributed by atoms with Crippen molar-refractivity contribution < 1.29 is 10.2 Å². The van der Waals surface area contributed by atoms with E-state index in [1.807, 2.05) is 6.08 Å². The van der Waals surface area contributed by atoms with Gasteiger partial charge in [0.25, 0.3) is 0 Å². The second-order valence-corrected chi connectivity index (χ2v) is 2.98. The SMILES string of the molecule is Oc1cc2c(cc1O)CCC=C2. The Bertz CT molecular complexity index is 340. The fourth-order valence-electron chi connectivity index (χ4n) is 1.46. The fourth-order valence-corrected chi connectivity index (χ4v) is 1.46. The van der Waals surface area contributed by atoms with Gasteiger partial charge in [0.1, 0.15) is 0 Å². The van der Waals surface area contributed by atoms with Gasteiger partial charge in [-0.05, 0) is 36.1 Å². The largest absolute Gasteiger partial charge is 0.504 e. The molecule has 1 aliphatic rings. The number of benzene rings is 1. The van der Waals surface area contributed by atoms with Crippen LogP contribution in [-0.4, -0.2) is 10.2 Å². The third-order valence-corrected chi connectivity index (χ3v) is 2.11. The number of hydrogen-bond donors (Lipinski definition) is 2. The molecule has 0 aromatic heterocycles. The van der Waals surface area contributed by atoms with E-state index in [9.17, 15) is 10.2 Å². The van der Waals surface area contributed by atoms with Crippen LogP contribution in [0.25, 0.3) is 6.08 Å². The maximum absolute atomic E-state index is 9.20. The third-order valence-electron chi connectivity index (χ3n) is 2.11. The van der Waals surface area contributed by atoms with Gasteiger partial charge in [-0.3, -0.25) is 0 Å². The normalized spacial score (nSPS) is 14.3. The van der Waals surface area contributed by atoms with Crippen molar-refractivity contribution in [2.75, 3.05) is 0 Å². The molecule has 0 heterocycles. The molecule has 0 saturated heterocycles. The maximum atomic E-state index is 9.20. The van der Waals surface area contributed by atoms with Gasteiger partial charge < -0.3 is 10.2 Å². The highest BCUT2D eigenvalue weighted by Gasteiger charge is 2.08. The van der Waals surface area contributed by atoms with Gasteiger partial charge in [0, 0.05) is 0 Å². The Balaban J connectivity index is 2.58. The van der Waals surface area contributed by atoms with Gasteiger partial charge in [-0.2, -0.15) is 0 Å². The summed E-state index contributed by atoms with van der Waals surface area (Å²) in [6, 6.07) is 3.23. The first-order valence-electron chi connectivity index (χ1n) is 3.99. The molecule has 0 aliphatic heterocycles. The minimum absolute atomic E-state index is 0.0240. The number of aromatic hydroxyl groups is 2. The van der Waals surface area contributed by atoms with Crippen molar-refractivity contribution in [1.82, 2.24) is 0 Å². The molecule has 2 nitrogen and oxygen atoms in total. The highest BCUT2D eigenvalue weighted by molar-refractivity contribution is 5.61. The van der Waals surface area contributed by atoms with Gasteiger partial charge in [0.2, 0.25) is 0 Å². The molecule has 62 valence electrons. The van der Waals surface area contributed by atoms with Gasteiger partial charge in [0.05, 0.1) is 0 Å². The Morgan fingerprint density at radius 2 is 1.83 bits per heavy atom. The number of phenolic OH excluding ortho intramolecular Hbond substituents is 2. The highest BCUT2D eigenvalue weighted by Crippen LogP contribution is 2.31. The summed E-state index contributed by atoms with van der Waals surface area (Å²) in [6.07, 6.45) is 5.99. The average Bonchev–Trinajstić information content (AvgIpc) is 2.07. The van der Waals surface area contributed by atoms with Crippen LogP contribution in [-0.2, 0) is 6.42 Å². The van der Waals surface area contributed by atoms with Gasteiger partial charge >= 0.3 is 0 Å². The Morgan fingerprint density at radius 1 is 1.08 bits per heavy atom. The van der Waals surface area contributed by atoms with Crippen LogP contribution in [0.15, 0.2) is 18.2 Å². The smallest absolute Gasteiger partial charge is 0.158 e. The van der Waals surface area contributed by atoms with E-state index in [-0.39, 0.29) is 11.5 Å². The van der Waals surface area contributed by atoms with E-state index >= 15 is 0 Å². The van der Waals surface area contributed by atoms with E-state index in [0.717, 1.165) is 24.0 Å². The first-order valence-corrected chi connectivity index (χ1v) is 3.99. The van der Waals surface area contributed by atoms with Crippen LogP contribution < -0.4 is 0 Å². The molecule has 0 fully saturated rings. The minimum Gasteiger partial charge on any atom is -0.504 e. The zero-order chi connectivity index (χ0) is 8.55. The van der Waals surface area contributed by atoms with Crippen molar-refractivity contribution in [2.45, 2.75) is 12.8 Å². The molecule has 1 aliphatic carbocycles. The van der Waals surface area contributed by atoms with Crippen LogP contribution in [0, 0.1) is 0 Å². The molecule has 0 unspecified atom stereocenters. The Kier molecular flexibility index (Phi) is 1.54. The summed E-state index contributed by atoms with van der Waals surface area (Å²) in [5, 5.41) is 18.4. The summed E-state index contributed by atoms with van der Waals surface area (Å²) in [5.41, 5.74) is 2.12. The van der Waals surface area contributed by atoms with Gasteiger partial charge in [0.15, 0.2) is 11.5 Å². The lowest BCUT2D eigenvalue weighted by Crippen LogP contribution is -1.92. The summed E-state index contributed by atoms with van der Waals surface area (Å²) < 4.78 is 0. The first kappa shape index (κ1) is 7.22. The van der Waals surface area contributed by atoms with Gasteiger partial charge in [-0.25, -0.2) is 0 Å². The monoisotopic (exact) mass is 162 g/mol. The molecule has 1 aromatic carbocycles. The summed E-state index contributed by atoms with van der Waals surface area (Å²) >= 11 is 0. The van der Waals surface area contributed by atoms with Gasteiger partial charge in [-0.1, -0.05) is 12.2 Å². The van der Waals surface area contributed by atoms with Crippen molar-refractivity contribution in [1.29, 1.82) is 0 Å². The van der Waals surface area contributed by atoms with Gasteiger partial charge in [-0.15, -0.1) is 0 Å². The molecule has 0 atom stereocenters. The average molecular weight is 162 g/mol. The van der Waals surface area contributed by atoms with E-state index in [4.69, 9.17) is 0 Å². The third kappa shape index (κ3) is 1.05. The van der Waals surface area contributed by atoms with E-state index < -0.39 is 0 Å². The molecule has 1 aromatic rings. The molecule has 0 amide bonds. The summed E-state index contributed by atoms with van der Waals surface area (Å²) in [5.74, 6) is -0.0654. The molecule has 0 radical (unpaired) electrons. The highest BCUT2D eigenvalue weighted by atomic mass is 16.3. The van der Waals surface area contributed by atoms with Crippen molar-refractivity contribution in [3.05, 3.63) is 29.3 Å². The topological polar surface area (TPSA) is 40.5 Å². The van der Waals surface area contributed by atoms with E-state index in [1.54, 1.807) is 12.1 Å². The summed E-state index contributed by atoms with van der Waals surface area (Å²) in [4.78, 5) is 0. The lowest BCUT2D eigenvalue weighted by atomic mass is 9.97. The molecule has 0 saturated carbocycles. The van der Waals surface area contributed by atoms with Crippen molar-refractivity contribution in [3.8, 4) is 11.5 Å². The Labute approximate surface area is 70.8 Å². The molecule has 0 spiro atoms. The van der Waals surface area contributed by atoms with E-state index in [2.05, 4.69) is 6.08 Å². The molecule has 0 bridgehead atoms. The van der Waals surface area contributed by atoms with Crippen molar-refractivity contribution in [3.63, 3.8) is 0 Å². The zero-order valence-corrected chi connectivity index (χ0v) is 6.62. The van der Waals surface area contributed by atoms with Crippen molar-refractivity contribution in [2.24, 2.45) is 0 Å². The number of allylic oxidation sites excluding steroid dienone is 1. The lowest BCUT2D eigenvalue weighted by molar-refractivity contribution is 0.403. The van der Waals surface area contributed by atoms with E-state index in [0.29, 0.717) is 0 Å². The summed E-state index contributed by atoms with van der Waals surface area (Å²) in [6.45, 7) is 0. The number of fused-ring (bicyclic) bond motifs is 1. The summed E-state index contributed by atoms with van der Waals surface area (Å²) in [7, 11) is 0. The second kappa shape index (κ2) is 2.55. The molecule has 2 N–H and O–H groups in total. The number of phenols is 2. The zero-order valence-electron chi connectivity index (χ0n) is 6.62. The Hall–Kier alpha value is -1.44. The molecular formula is C10H10O2. The van der Waals surface area contributed by atoms with Crippen molar-refractivity contribution >= 4 is 6.08 Å². The molecule has 12 heavy (non-hydrogen) atoms. The predicted molar refractivity (Wildman–Crippen MR) is 47.1 cm³/mol. The quantitative estimate of drug-likeness (QED) is 0.573. The minimum atomic E-state index is -0.0414. The molecule has 2 heteroatoms. The number of rotatable bonds is 0. The number of aryl methyl sites for hydroxylation is 1. The standard InChI is InChI=1S/C10H10O2/c11-9-5-7-3-1-2-4-8(7)6-10(9)12/h1,3,5-6,11-12H,2,4H2. The van der Waals surface area contributed by atoms with Crippen LogP contribution >= 0.6 is 0 Å². The van der Waals surface area contributed by atoms with Crippen LogP contribution in [0.5, 0.6) is 11.5 Å². The molecular weight excluding hydrogens is 152 g/mol. The maximum Gasteiger partial charge on any atom is 0.158 e. The molecule has 2 rings (SSSR count). The van der Waals surface area contributed by atoms with Crippen LogP contribution in [0.2, 0.25) is 0 Å². The first-order chi connectivity index (χ1) is 5.77. The predicted octanol–water partition coefficient (Wildman–Crippen LogP) is 2.06. The van der Waals surface area contributed by atoms with E-state index in [1.165, 1.54) is 0 Å². The Morgan fingerprint density at radius 3 is 2.67 bits per heavy atom. The van der Waals surface area contributed by atoms with Crippen LogP contribution in [0.3, 0.4) is 0 Å². The fraction of sp³-hybridized carbons (Fsp3) is 0.200. The number of hydrogen-bond acceptors (Lipinski definition) is 2. The lowest BCUT2D eigenvalue weighted by Gasteiger charge is -2.10. The van der Waals surface area contributed by atoms with Crippen LogP contribution in [0.1, 0.15) is 17.5 Å². The second-order valence-electron chi connectivity index (χ2n) is 2.98. The van der Waals surface area contributed by atoms with Crippen LogP contribution in [0.4, 0.5) is 0 Å².